The second-order valence-corrected chi connectivity index (χ2v) is 5.14. The number of nitrogens with zero attached hydrogens (tertiary/aromatic N) is 3. The molecule has 0 spiro atoms. The van der Waals surface area contributed by atoms with Gasteiger partial charge in [-0.15, -0.1) is 0 Å². The summed E-state index contributed by atoms with van der Waals surface area (Å²) >= 11 is 0. The van der Waals surface area contributed by atoms with Crippen LogP contribution in [0.3, 0.4) is 0 Å². The molecule has 1 amide bonds. The number of hydrogen-bond donors (Lipinski definition) is 1. The normalized spacial score (nSPS) is 11.0. The summed E-state index contributed by atoms with van der Waals surface area (Å²) in [6.45, 7) is 4.71. The van der Waals surface area contributed by atoms with Crippen molar-refractivity contribution < 1.29 is 4.79 Å². The fraction of sp³-hybridized carbons (Fsp3) is 0.429. The lowest BCUT2D eigenvalue weighted by Crippen LogP contribution is -2.26. The first-order valence-electron chi connectivity index (χ1n) is 6.39. The standard InChI is InChI=1S/C14H20N4O/c1-10(2)13-12(5-6-15-13)14(19)17(3)8-11-7-16-18(4)9-11/h5-7,9-10,15H,8H2,1-4H3. The summed E-state index contributed by atoms with van der Waals surface area (Å²) in [5, 5.41) is 4.11. The Morgan fingerprint density at radius 3 is 2.84 bits per heavy atom. The van der Waals surface area contributed by atoms with Gasteiger partial charge in [0.15, 0.2) is 0 Å². The van der Waals surface area contributed by atoms with Crippen LogP contribution in [0.1, 0.15) is 41.4 Å². The van der Waals surface area contributed by atoms with Crippen molar-refractivity contribution in [1.29, 1.82) is 0 Å². The molecule has 2 aromatic rings. The van der Waals surface area contributed by atoms with Crippen molar-refractivity contribution in [2.75, 3.05) is 7.05 Å². The van der Waals surface area contributed by atoms with Crippen LogP contribution in [0.4, 0.5) is 0 Å². The molecule has 2 rings (SSSR count). The number of carbonyl (C=O) groups excluding carboxylic acids is 1. The molecule has 0 aromatic carbocycles. The summed E-state index contributed by atoms with van der Waals surface area (Å²) in [5.41, 5.74) is 2.77. The molecule has 2 aromatic heterocycles. The van der Waals surface area contributed by atoms with E-state index in [4.69, 9.17) is 0 Å². The van der Waals surface area contributed by atoms with Crippen LogP contribution in [-0.2, 0) is 13.6 Å². The Balaban J connectivity index is 2.12. The zero-order valence-electron chi connectivity index (χ0n) is 11.8. The molecular weight excluding hydrogens is 240 g/mol. The van der Waals surface area contributed by atoms with Crippen molar-refractivity contribution in [1.82, 2.24) is 19.7 Å². The van der Waals surface area contributed by atoms with Crippen molar-refractivity contribution in [3.8, 4) is 0 Å². The Kier molecular flexibility index (Phi) is 3.74. The third kappa shape index (κ3) is 2.86. The van der Waals surface area contributed by atoms with Crippen LogP contribution < -0.4 is 0 Å². The number of carbonyl (C=O) groups is 1. The van der Waals surface area contributed by atoms with E-state index in [2.05, 4.69) is 23.9 Å². The van der Waals surface area contributed by atoms with E-state index in [-0.39, 0.29) is 5.91 Å². The van der Waals surface area contributed by atoms with Crippen LogP contribution in [0.15, 0.2) is 24.7 Å². The molecule has 0 aliphatic rings. The summed E-state index contributed by atoms with van der Waals surface area (Å²) in [5.74, 6) is 0.342. The molecule has 0 radical (unpaired) electrons. The Morgan fingerprint density at radius 2 is 2.26 bits per heavy atom. The number of hydrogen-bond acceptors (Lipinski definition) is 2. The van der Waals surface area contributed by atoms with E-state index < -0.39 is 0 Å². The number of nitrogens with one attached hydrogen (secondary N) is 1. The monoisotopic (exact) mass is 260 g/mol. The minimum atomic E-state index is 0.0359. The molecule has 0 saturated carbocycles. The van der Waals surface area contributed by atoms with Gasteiger partial charge in [0, 0.05) is 44.3 Å². The fourth-order valence-corrected chi connectivity index (χ4v) is 2.15. The van der Waals surface area contributed by atoms with Gasteiger partial charge in [0.05, 0.1) is 11.8 Å². The van der Waals surface area contributed by atoms with Crippen LogP contribution in [-0.4, -0.2) is 32.6 Å². The number of aromatic nitrogens is 3. The first kappa shape index (κ1) is 13.4. The van der Waals surface area contributed by atoms with E-state index in [1.807, 2.05) is 32.6 Å². The minimum absolute atomic E-state index is 0.0359. The molecular formula is C14H20N4O. The van der Waals surface area contributed by atoms with E-state index in [1.165, 1.54) is 0 Å². The Morgan fingerprint density at radius 1 is 1.53 bits per heavy atom. The molecule has 5 heteroatoms. The molecule has 19 heavy (non-hydrogen) atoms. The van der Waals surface area contributed by atoms with Gasteiger partial charge in [-0.3, -0.25) is 9.48 Å². The molecule has 1 N–H and O–H groups in total. The highest BCUT2D eigenvalue weighted by Gasteiger charge is 2.18. The molecule has 102 valence electrons. The van der Waals surface area contributed by atoms with Crippen LogP contribution >= 0.6 is 0 Å². The highest BCUT2D eigenvalue weighted by Crippen LogP contribution is 2.19. The smallest absolute Gasteiger partial charge is 0.255 e. The first-order chi connectivity index (χ1) is 8.99. The van der Waals surface area contributed by atoms with Gasteiger partial charge in [0.1, 0.15) is 0 Å². The molecule has 2 heterocycles. The van der Waals surface area contributed by atoms with Crippen molar-refractivity contribution >= 4 is 5.91 Å². The highest BCUT2D eigenvalue weighted by molar-refractivity contribution is 5.95. The van der Waals surface area contributed by atoms with E-state index in [1.54, 1.807) is 15.8 Å². The van der Waals surface area contributed by atoms with Gasteiger partial charge >= 0.3 is 0 Å². The third-order valence-electron chi connectivity index (χ3n) is 3.11. The zero-order chi connectivity index (χ0) is 14.0. The predicted octanol–water partition coefficient (Wildman–Crippen LogP) is 2.14. The van der Waals surface area contributed by atoms with E-state index in [0.717, 1.165) is 16.8 Å². The fourth-order valence-electron chi connectivity index (χ4n) is 2.15. The van der Waals surface area contributed by atoms with Crippen LogP contribution in [0.2, 0.25) is 0 Å². The molecule has 0 saturated heterocycles. The second-order valence-electron chi connectivity index (χ2n) is 5.14. The Labute approximate surface area is 113 Å². The highest BCUT2D eigenvalue weighted by atomic mass is 16.2. The molecule has 0 bridgehead atoms. The lowest BCUT2D eigenvalue weighted by atomic mass is 10.1. The maximum Gasteiger partial charge on any atom is 0.255 e. The molecule has 0 unspecified atom stereocenters. The van der Waals surface area contributed by atoms with Gasteiger partial charge in [-0.2, -0.15) is 5.10 Å². The van der Waals surface area contributed by atoms with Crippen LogP contribution in [0, 0.1) is 0 Å². The number of aromatic amines is 1. The van der Waals surface area contributed by atoms with E-state index in [0.29, 0.717) is 12.5 Å². The number of amides is 1. The summed E-state index contributed by atoms with van der Waals surface area (Å²) < 4.78 is 1.74. The van der Waals surface area contributed by atoms with Gasteiger partial charge in [-0.25, -0.2) is 0 Å². The molecule has 0 aliphatic heterocycles. The quantitative estimate of drug-likeness (QED) is 0.915. The van der Waals surface area contributed by atoms with E-state index in [9.17, 15) is 4.79 Å². The first-order valence-corrected chi connectivity index (χ1v) is 6.39. The third-order valence-corrected chi connectivity index (χ3v) is 3.11. The molecule has 0 aliphatic carbocycles. The summed E-state index contributed by atoms with van der Waals surface area (Å²) in [6, 6.07) is 1.84. The SMILES string of the molecule is CC(C)c1[nH]ccc1C(=O)N(C)Cc1cnn(C)c1. The average molecular weight is 260 g/mol. The molecule has 0 fully saturated rings. The average Bonchev–Trinajstić information content (AvgIpc) is 2.97. The minimum Gasteiger partial charge on any atom is -0.364 e. The van der Waals surface area contributed by atoms with Gasteiger partial charge < -0.3 is 9.88 Å². The van der Waals surface area contributed by atoms with Crippen LogP contribution in [0.25, 0.3) is 0 Å². The second kappa shape index (κ2) is 5.30. The van der Waals surface area contributed by atoms with Crippen molar-refractivity contribution in [3.05, 3.63) is 41.5 Å². The van der Waals surface area contributed by atoms with Crippen molar-refractivity contribution in [2.24, 2.45) is 7.05 Å². The Hall–Kier alpha value is -2.04. The predicted molar refractivity (Wildman–Crippen MR) is 73.9 cm³/mol. The van der Waals surface area contributed by atoms with Crippen molar-refractivity contribution in [3.63, 3.8) is 0 Å². The lowest BCUT2D eigenvalue weighted by molar-refractivity contribution is 0.0784. The molecule has 5 nitrogen and oxygen atoms in total. The number of rotatable bonds is 4. The van der Waals surface area contributed by atoms with E-state index >= 15 is 0 Å². The van der Waals surface area contributed by atoms with Gasteiger partial charge in [0.25, 0.3) is 5.91 Å². The Bertz CT molecular complexity index is 568. The summed E-state index contributed by atoms with van der Waals surface area (Å²) in [7, 11) is 3.68. The number of H-pyrrole nitrogens is 1. The maximum atomic E-state index is 12.4. The van der Waals surface area contributed by atoms with Crippen molar-refractivity contribution in [2.45, 2.75) is 26.3 Å². The van der Waals surface area contributed by atoms with Crippen LogP contribution in [0.5, 0.6) is 0 Å². The van der Waals surface area contributed by atoms with Gasteiger partial charge in [0.2, 0.25) is 0 Å². The van der Waals surface area contributed by atoms with Gasteiger partial charge in [-0.1, -0.05) is 13.8 Å². The lowest BCUT2D eigenvalue weighted by Gasteiger charge is -2.17. The summed E-state index contributed by atoms with van der Waals surface area (Å²) in [4.78, 5) is 17.3. The van der Waals surface area contributed by atoms with Gasteiger partial charge in [-0.05, 0) is 12.0 Å². The maximum absolute atomic E-state index is 12.4. The molecule has 0 atom stereocenters. The zero-order valence-corrected chi connectivity index (χ0v) is 11.8. The topological polar surface area (TPSA) is 53.9 Å². The summed E-state index contributed by atoms with van der Waals surface area (Å²) in [6.07, 6.45) is 5.52. The number of aryl methyl sites for hydroxylation is 1. The largest absolute Gasteiger partial charge is 0.364 e.